The van der Waals surface area contributed by atoms with Crippen molar-refractivity contribution in [3.05, 3.63) is 35.4 Å². The molecule has 1 saturated heterocycles. The van der Waals surface area contributed by atoms with Crippen LogP contribution in [0, 0.1) is 17.6 Å². The number of nitrogens with zero attached hydrogens (tertiary/aromatic N) is 2. The Kier molecular flexibility index (Phi) is 6.29. The van der Waals surface area contributed by atoms with Crippen molar-refractivity contribution in [1.82, 2.24) is 9.80 Å². The van der Waals surface area contributed by atoms with E-state index in [0.29, 0.717) is 5.92 Å². The SMILES string of the molecule is CN(C)CCC1CCN(CC(O)c2c(F)cccc2F)CC1. The molecular weight excluding hydrogens is 286 g/mol. The van der Waals surface area contributed by atoms with Gasteiger partial charge in [-0.2, -0.15) is 0 Å². The second kappa shape index (κ2) is 7.99. The molecule has 0 spiro atoms. The Morgan fingerprint density at radius 1 is 1.23 bits per heavy atom. The Balaban J connectivity index is 1.83. The molecule has 124 valence electrons. The van der Waals surface area contributed by atoms with Crippen LogP contribution in [0.1, 0.15) is 30.9 Å². The molecule has 0 radical (unpaired) electrons. The van der Waals surface area contributed by atoms with E-state index in [0.717, 1.165) is 32.5 Å². The summed E-state index contributed by atoms with van der Waals surface area (Å²) in [5.41, 5.74) is -0.211. The second-order valence-electron chi connectivity index (χ2n) is 6.49. The van der Waals surface area contributed by atoms with Crippen molar-refractivity contribution in [3.63, 3.8) is 0 Å². The molecule has 0 aliphatic carbocycles. The van der Waals surface area contributed by atoms with Gasteiger partial charge in [0.1, 0.15) is 11.6 Å². The predicted molar refractivity (Wildman–Crippen MR) is 83.7 cm³/mol. The van der Waals surface area contributed by atoms with Crippen LogP contribution in [0.3, 0.4) is 0 Å². The van der Waals surface area contributed by atoms with Gasteiger partial charge in [-0.3, -0.25) is 0 Å². The molecule has 1 aliphatic heterocycles. The molecule has 3 nitrogen and oxygen atoms in total. The van der Waals surface area contributed by atoms with E-state index in [9.17, 15) is 13.9 Å². The summed E-state index contributed by atoms with van der Waals surface area (Å²) in [5, 5.41) is 10.1. The van der Waals surface area contributed by atoms with Gasteiger partial charge in [-0.1, -0.05) is 6.07 Å². The zero-order chi connectivity index (χ0) is 16.1. The number of benzene rings is 1. The lowest BCUT2D eigenvalue weighted by molar-refractivity contribution is 0.0823. The van der Waals surface area contributed by atoms with Crippen LogP contribution in [0.15, 0.2) is 18.2 Å². The molecule has 0 bridgehead atoms. The summed E-state index contributed by atoms with van der Waals surface area (Å²) in [4.78, 5) is 4.29. The van der Waals surface area contributed by atoms with Crippen LogP contribution in [0.5, 0.6) is 0 Å². The number of hydrogen-bond donors (Lipinski definition) is 1. The maximum atomic E-state index is 13.7. The van der Waals surface area contributed by atoms with E-state index in [4.69, 9.17) is 0 Å². The molecule has 1 aromatic carbocycles. The Hall–Kier alpha value is -1.04. The fourth-order valence-corrected chi connectivity index (χ4v) is 3.06. The molecule has 0 saturated carbocycles. The third-order valence-electron chi connectivity index (χ3n) is 4.46. The molecule has 2 rings (SSSR count). The van der Waals surface area contributed by atoms with Gasteiger partial charge in [-0.05, 0) is 71.0 Å². The van der Waals surface area contributed by atoms with Gasteiger partial charge in [-0.15, -0.1) is 0 Å². The zero-order valence-corrected chi connectivity index (χ0v) is 13.4. The van der Waals surface area contributed by atoms with Crippen LogP contribution in [-0.2, 0) is 0 Å². The fraction of sp³-hybridized carbons (Fsp3) is 0.647. The van der Waals surface area contributed by atoms with Crippen LogP contribution in [-0.4, -0.2) is 55.2 Å². The number of aliphatic hydroxyl groups is 1. The van der Waals surface area contributed by atoms with Crippen LogP contribution in [0.2, 0.25) is 0 Å². The highest BCUT2D eigenvalue weighted by Crippen LogP contribution is 2.25. The first-order valence-corrected chi connectivity index (χ1v) is 7.96. The minimum absolute atomic E-state index is 0.211. The third kappa shape index (κ3) is 4.73. The van der Waals surface area contributed by atoms with Crippen molar-refractivity contribution in [3.8, 4) is 0 Å². The summed E-state index contributed by atoms with van der Waals surface area (Å²) in [6.45, 7) is 3.14. The topological polar surface area (TPSA) is 26.7 Å². The van der Waals surface area contributed by atoms with Gasteiger partial charge in [0, 0.05) is 6.54 Å². The van der Waals surface area contributed by atoms with E-state index < -0.39 is 17.7 Å². The van der Waals surface area contributed by atoms with Crippen molar-refractivity contribution < 1.29 is 13.9 Å². The molecule has 1 atom stereocenters. The average Bonchev–Trinajstić information content (AvgIpc) is 2.46. The number of piperidine rings is 1. The van der Waals surface area contributed by atoms with Crippen LogP contribution >= 0.6 is 0 Å². The van der Waals surface area contributed by atoms with Crippen LogP contribution in [0.25, 0.3) is 0 Å². The van der Waals surface area contributed by atoms with E-state index in [1.54, 1.807) is 0 Å². The maximum Gasteiger partial charge on any atom is 0.131 e. The van der Waals surface area contributed by atoms with Gasteiger partial charge in [-0.25, -0.2) is 8.78 Å². The van der Waals surface area contributed by atoms with E-state index in [-0.39, 0.29) is 12.1 Å². The third-order valence-corrected chi connectivity index (χ3v) is 4.46. The van der Waals surface area contributed by atoms with E-state index in [1.165, 1.54) is 24.6 Å². The summed E-state index contributed by atoms with van der Waals surface area (Å²) >= 11 is 0. The van der Waals surface area contributed by atoms with Crippen LogP contribution in [0.4, 0.5) is 8.78 Å². The van der Waals surface area contributed by atoms with Gasteiger partial charge in [0.25, 0.3) is 0 Å². The highest BCUT2D eigenvalue weighted by Gasteiger charge is 2.24. The minimum atomic E-state index is -1.11. The number of aliphatic hydroxyl groups excluding tert-OH is 1. The van der Waals surface area contributed by atoms with Gasteiger partial charge in [0.2, 0.25) is 0 Å². The molecule has 0 aromatic heterocycles. The van der Waals surface area contributed by atoms with E-state index in [2.05, 4.69) is 23.9 Å². The quantitative estimate of drug-likeness (QED) is 0.875. The van der Waals surface area contributed by atoms with Gasteiger partial charge in [0.05, 0.1) is 11.7 Å². The molecule has 5 heteroatoms. The smallest absolute Gasteiger partial charge is 0.131 e. The number of likely N-dealkylation sites (tertiary alicyclic amines) is 1. The lowest BCUT2D eigenvalue weighted by atomic mass is 9.93. The number of β-amino-alcohol motifs (C(OH)–C–C–N with tert-alkyl or cyclic N) is 1. The van der Waals surface area contributed by atoms with Crippen molar-refractivity contribution in [2.45, 2.75) is 25.4 Å². The predicted octanol–water partition coefficient (Wildman–Crippen LogP) is 2.66. The first kappa shape index (κ1) is 17.3. The summed E-state index contributed by atoms with van der Waals surface area (Å²) in [5.74, 6) is -0.636. The Bertz CT molecular complexity index is 453. The highest BCUT2D eigenvalue weighted by atomic mass is 19.1. The summed E-state index contributed by atoms with van der Waals surface area (Å²) in [7, 11) is 4.16. The van der Waals surface area contributed by atoms with Gasteiger partial charge in [0.15, 0.2) is 0 Å². The molecule has 1 aliphatic rings. The summed E-state index contributed by atoms with van der Waals surface area (Å²) in [6.07, 6.45) is 2.24. The molecular formula is C17H26F2N2O. The number of halogens is 2. The zero-order valence-electron chi connectivity index (χ0n) is 13.4. The first-order valence-electron chi connectivity index (χ1n) is 7.96. The second-order valence-corrected chi connectivity index (χ2v) is 6.49. The average molecular weight is 312 g/mol. The Labute approximate surface area is 131 Å². The first-order chi connectivity index (χ1) is 10.5. The Morgan fingerprint density at radius 3 is 2.36 bits per heavy atom. The normalized spacial score (nSPS) is 18.8. The standard InChI is InChI=1S/C17H26F2N2O/c1-20(2)9-6-13-7-10-21(11-8-13)12-16(22)17-14(18)4-3-5-15(17)19/h3-5,13,16,22H,6-12H2,1-2H3. The van der Waals surface area contributed by atoms with E-state index >= 15 is 0 Å². The highest BCUT2D eigenvalue weighted by molar-refractivity contribution is 5.22. The molecule has 1 heterocycles. The molecule has 0 amide bonds. The fourth-order valence-electron chi connectivity index (χ4n) is 3.06. The lowest BCUT2D eigenvalue weighted by Crippen LogP contribution is -2.37. The number of hydrogen-bond acceptors (Lipinski definition) is 3. The molecule has 1 unspecified atom stereocenters. The van der Waals surface area contributed by atoms with Crippen LogP contribution < -0.4 is 0 Å². The van der Waals surface area contributed by atoms with Gasteiger partial charge >= 0.3 is 0 Å². The van der Waals surface area contributed by atoms with Gasteiger partial charge < -0.3 is 14.9 Å². The maximum absolute atomic E-state index is 13.7. The summed E-state index contributed by atoms with van der Waals surface area (Å²) < 4.78 is 27.3. The lowest BCUT2D eigenvalue weighted by Gasteiger charge is -2.33. The van der Waals surface area contributed by atoms with Crippen molar-refractivity contribution in [2.24, 2.45) is 5.92 Å². The molecule has 1 fully saturated rings. The molecule has 22 heavy (non-hydrogen) atoms. The van der Waals surface area contributed by atoms with Crippen molar-refractivity contribution in [1.29, 1.82) is 0 Å². The van der Waals surface area contributed by atoms with E-state index in [1.807, 2.05) is 0 Å². The summed E-state index contributed by atoms with van der Waals surface area (Å²) in [6, 6.07) is 3.70. The monoisotopic (exact) mass is 312 g/mol. The molecule has 1 aromatic rings. The van der Waals surface area contributed by atoms with Crippen molar-refractivity contribution in [2.75, 3.05) is 40.3 Å². The Morgan fingerprint density at radius 2 is 1.82 bits per heavy atom. The number of rotatable bonds is 6. The largest absolute Gasteiger partial charge is 0.387 e. The van der Waals surface area contributed by atoms with Crippen molar-refractivity contribution >= 4 is 0 Å². The molecule has 1 N–H and O–H groups in total. The minimum Gasteiger partial charge on any atom is -0.387 e.